The summed E-state index contributed by atoms with van der Waals surface area (Å²) in [4.78, 5) is 10.4. The number of rotatable bonds is 2. The van der Waals surface area contributed by atoms with Gasteiger partial charge in [-0.25, -0.2) is 18.0 Å². The minimum absolute atomic E-state index is 0.394. The van der Waals surface area contributed by atoms with Crippen LogP contribution in [0.3, 0.4) is 0 Å². The predicted molar refractivity (Wildman–Crippen MR) is 45.9 cm³/mol. The van der Waals surface area contributed by atoms with E-state index in [1.165, 1.54) is 6.92 Å². The second kappa shape index (κ2) is 3.90. The van der Waals surface area contributed by atoms with E-state index in [-0.39, 0.29) is 0 Å². The molecule has 1 unspecified atom stereocenters. The van der Waals surface area contributed by atoms with E-state index in [4.69, 9.17) is 10.8 Å². The summed E-state index contributed by atoms with van der Waals surface area (Å²) in [6.45, 7) is 1.33. The fourth-order valence-electron chi connectivity index (χ4n) is 1.14. The monoisotopic (exact) mass is 219 g/mol. The first-order valence-corrected chi connectivity index (χ1v) is 4.02. The van der Waals surface area contributed by atoms with Gasteiger partial charge in [0.05, 0.1) is 0 Å². The van der Waals surface area contributed by atoms with Gasteiger partial charge >= 0.3 is 5.97 Å². The molecule has 15 heavy (non-hydrogen) atoms. The molecule has 0 saturated heterocycles. The first-order chi connectivity index (χ1) is 6.86. The van der Waals surface area contributed by atoms with Gasteiger partial charge in [-0.1, -0.05) is 0 Å². The summed E-state index contributed by atoms with van der Waals surface area (Å²) < 4.78 is 39.3. The highest BCUT2D eigenvalue weighted by Gasteiger charge is 2.24. The van der Waals surface area contributed by atoms with Crippen molar-refractivity contribution in [2.24, 2.45) is 5.73 Å². The molecule has 82 valence electrons. The zero-order valence-corrected chi connectivity index (χ0v) is 7.72. The smallest absolute Gasteiger partial charge is 0.341 e. The van der Waals surface area contributed by atoms with Crippen LogP contribution in [0.4, 0.5) is 13.2 Å². The maximum absolute atomic E-state index is 13.2. The topological polar surface area (TPSA) is 63.3 Å². The minimum Gasteiger partial charge on any atom is -0.477 e. The molecule has 0 heterocycles. The highest BCUT2D eigenvalue weighted by molar-refractivity contribution is 5.88. The van der Waals surface area contributed by atoms with Crippen LogP contribution in [0.2, 0.25) is 0 Å². The van der Waals surface area contributed by atoms with E-state index < -0.39 is 40.6 Å². The van der Waals surface area contributed by atoms with Crippen molar-refractivity contribution in [2.75, 3.05) is 0 Å². The van der Waals surface area contributed by atoms with Gasteiger partial charge in [-0.15, -0.1) is 0 Å². The third kappa shape index (κ3) is 1.94. The number of nitrogens with two attached hydrogens (primary N) is 1. The molecule has 1 atom stereocenters. The molecule has 0 amide bonds. The van der Waals surface area contributed by atoms with Crippen LogP contribution in [-0.2, 0) is 0 Å². The summed E-state index contributed by atoms with van der Waals surface area (Å²) in [6, 6.07) is -0.330. The van der Waals surface area contributed by atoms with Crippen LogP contribution in [-0.4, -0.2) is 11.1 Å². The van der Waals surface area contributed by atoms with Gasteiger partial charge in [-0.05, 0) is 13.0 Å². The molecule has 0 aliphatic heterocycles. The van der Waals surface area contributed by atoms with Gasteiger partial charge in [0.15, 0.2) is 11.6 Å². The van der Waals surface area contributed by atoms with Gasteiger partial charge in [0.1, 0.15) is 11.4 Å². The number of aromatic carboxylic acids is 1. The third-order valence-corrected chi connectivity index (χ3v) is 1.89. The Morgan fingerprint density at radius 2 is 1.93 bits per heavy atom. The highest BCUT2D eigenvalue weighted by Crippen LogP contribution is 2.23. The van der Waals surface area contributed by atoms with Crippen LogP contribution in [0, 0.1) is 17.5 Å². The van der Waals surface area contributed by atoms with E-state index in [0.717, 1.165) is 0 Å². The summed E-state index contributed by atoms with van der Waals surface area (Å²) >= 11 is 0. The van der Waals surface area contributed by atoms with E-state index in [9.17, 15) is 18.0 Å². The average molecular weight is 219 g/mol. The summed E-state index contributed by atoms with van der Waals surface area (Å²) in [5, 5.41) is 8.42. The SMILES string of the molecule is CC(N)c1cc(F)c(C(=O)O)c(F)c1F. The maximum atomic E-state index is 13.2. The number of benzene rings is 1. The maximum Gasteiger partial charge on any atom is 0.341 e. The standard InChI is InChI=1S/C9H8F3NO2/c1-3(13)4-2-5(10)6(9(14)15)8(12)7(4)11/h2-3H,13H2,1H3,(H,14,15). The molecule has 0 aliphatic rings. The van der Waals surface area contributed by atoms with Gasteiger partial charge < -0.3 is 10.8 Å². The first-order valence-electron chi connectivity index (χ1n) is 4.02. The molecule has 3 N–H and O–H groups in total. The van der Waals surface area contributed by atoms with Crippen LogP contribution < -0.4 is 5.73 Å². The summed E-state index contributed by atoms with van der Waals surface area (Å²) in [7, 11) is 0. The Labute approximate surface area is 83.3 Å². The van der Waals surface area contributed by atoms with Crippen molar-refractivity contribution >= 4 is 5.97 Å². The van der Waals surface area contributed by atoms with Gasteiger partial charge in [0.25, 0.3) is 0 Å². The Bertz CT molecular complexity index is 418. The Balaban J connectivity index is 3.51. The predicted octanol–water partition coefficient (Wildman–Crippen LogP) is 1.82. The zero-order chi connectivity index (χ0) is 11.7. The normalized spacial score (nSPS) is 12.6. The summed E-state index contributed by atoms with van der Waals surface area (Å²) in [6.07, 6.45) is 0. The van der Waals surface area contributed by atoms with E-state index in [0.29, 0.717) is 6.07 Å². The molecule has 0 fully saturated rings. The van der Waals surface area contributed by atoms with E-state index >= 15 is 0 Å². The quantitative estimate of drug-likeness (QED) is 0.745. The molecule has 0 radical (unpaired) electrons. The number of carbonyl (C=O) groups is 1. The fraction of sp³-hybridized carbons (Fsp3) is 0.222. The highest BCUT2D eigenvalue weighted by atomic mass is 19.2. The van der Waals surface area contributed by atoms with Gasteiger partial charge in [0, 0.05) is 11.6 Å². The van der Waals surface area contributed by atoms with Gasteiger partial charge in [0.2, 0.25) is 0 Å². The lowest BCUT2D eigenvalue weighted by molar-refractivity contribution is 0.0685. The molecule has 1 rings (SSSR count). The molecule has 0 aromatic heterocycles. The Kier molecular flexibility index (Phi) is 2.99. The molecule has 0 spiro atoms. The van der Waals surface area contributed by atoms with Crippen LogP contribution in [0.25, 0.3) is 0 Å². The number of carboxylic acids is 1. The van der Waals surface area contributed by atoms with Crippen molar-refractivity contribution in [2.45, 2.75) is 13.0 Å². The summed E-state index contributed by atoms with van der Waals surface area (Å²) in [5.74, 6) is -6.35. The van der Waals surface area contributed by atoms with E-state index in [1.54, 1.807) is 0 Å². The van der Waals surface area contributed by atoms with Crippen LogP contribution in [0.5, 0.6) is 0 Å². The van der Waals surface area contributed by atoms with E-state index in [1.807, 2.05) is 0 Å². The van der Waals surface area contributed by atoms with Crippen molar-refractivity contribution in [1.82, 2.24) is 0 Å². The lowest BCUT2D eigenvalue weighted by Gasteiger charge is -2.09. The fourth-order valence-corrected chi connectivity index (χ4v) is 1.14. The minimum atomic E-state index is -1.86. The second-order valence-electron chi connectivity index (χ2n) is 3.04. The van der Waals surface area contributed by atoms with Crippen LogP contribution in [0.1, 0.15) is 28.9 Å². The number of halogens is 3. The molecule has 3 nitrogen and oxygen atoms in total. The molecule has 0 aliphatic carbocycles. The van der Waals surface area contributed by atoms with Crippen molar-refractivity contribution in [1.29, 1.82) is 0 Å². The average Bonchev–Trinajstić information content (AvgIpc) is 2.10. The van der Waals surface area contributed by atoms with Crippen molar-refractivity contribution in [3.63, 3.8) is 0 Å². The molecular weight excluding hydrogens is 211 g/mol. The number of hydrogen-bond donors (Lipinski definition) is 2. The molecule has 1 aromatic carbocycles. The molecular formula is C9H8F3NO2. The largest absolute Gasteiger partial charge is 0.477 e. The lowest BCUT2D eigenvalue weighted by Crippen LogP contribution is -2.14. The summed E-state index contributed by atoms with van der Waals surface area (Å²) in [5.41, 5.74) is 3.56. The molecule has 0 saturated carbocycles. The van der Waals surface area contributed by atoms with Gasteiger partial charge in [-0.3, -0.25) is 0 Å². The lowest BCUT2D eigenvalue weighted by atomic mass is 10.0. The van der Waals surface area contributed by atoms with Crippen molar-refractivity contribution in [3.8, 4) is 0 Å². The number of hydrogen-bond acceptors (Lipinski definition) is 2. The number of carboxylic acid groups (broad SMARTS) is 1. The molecule has 1 aromatic rings. The Hall–Kier alpha value is -1.56. The van der Waals surface area contributed by atoms with Crippen LogP contribution >= 0.6 is 0 Å². The Morgan fingerprint density at radius 3 is 2.33 bits per heavy atom. The van der Waals surface area contributed by atoms with E-state index in [2.05, 4.69) is 0 Å². The second-order valence-corrected chi connectivity index (χ2v) is 3.04. The third-order valence-electron chi connectivity index (χ3n) is 1.89. The Morgan fingerprint density at radius 1 is 1.40 bits per heavy atom. The van der Waals surface area contributed by atoms with Crippen LogP contribution in [0.15, 0.2) is 6.07 Å². The van der Waals surface area contributed by atoms with Crippen molar-refractivity contribution < 1.29 is 23.1 Å². The molecule has 6 heteroatoms. The zero-order valence-electron chi connectivity index (χ0n) is 7.72. The van der Waals surface area contributed by atoms with Gasteiger partial charge in [-0.2, -0.15) is 0 Å². The molecule has 0 bridgehead atoms. The first kappa shape index (κ1) is 11.5. The van der Waals surface area contributed by atoms with Crippen molar-refractivity contribution in [3.05, 3.63) is 34.6 Å².